The monoisotopic (exact) mass is 488 g/mol. The summed E-state index contributed by atoms with van der Waals surface area (Å²) in [6, 6.07) is 8.62. The Morgan fingerprint density at radius 3 is 2.70 bits per heavy atom. The van der Waals surface area contributed by atoms with Crippen molar-refractivity contribution in [1.82, 2.24) is 18.8 Å². The van der Waals surface area contributed by atoms with Gasteiger partial charge in [-0.15, -0.1) is 11.3 Å². The molecule has 0 radical (unpaired) electrons. The summed E-state index contributed by atoms with van der Waals surface area (Å²) in [5.74, 6) is 1.15. The van der Waals surface area contributed by atoms with E-state index in [1.165, 1.54) is 31.5 Å². The highest BCUT2D eigenvalue weighted by Gasteiger charge is 2.21. The summed E-state index contributed by atoms with van der Waals surface area (Å²) in [6.45, 7) is 4.27. The number of aromatic nitrogens is 3. The predicted octanol–water partition coefficient (Wildman–Crippen LogP) is 3.62. The van der Waals surface area contributed by atoms with Crippen LogP contribution >= 0.6 is 11.3 Å². The summed E-state index contributed by atoms with van der Waals surface area (Å²) < 4.78 is 39.1. The van der Waals surface area contributed by atoms with Crippen LogP contribution in [0.3, 0.4) is 0 Å². The van der Waals surface area contributed by atoms with Crippen molar-refractivity contribution in [1.29, 1.82) is 0 Å². The molecule has 4 aromatic rings. The van der Waals surface area contributed by atoms with Gasteiger partial charge in [0.25, 0.3) is 0 Å². The number of nitrogens with zero attached hydrogens (tertiary/aromatic N) is 4. The SMILES string of the molecule is CCn1c(COC(=O)Cc2nc(-c3cccs3)oc2C)nc2cc(S(=O)(=O)N(C)C)ccc21. The molecule has 9 nitrogen and oxygen atoms in total. The van der Waals surface area contributed by atoms with Crippen LogP contribution in [-0.2, 0) is 39.1 Å². The lowest BCUT2D eigenvalue weighted by Gasteiger charge is -2.11. The Hall–Kier alpha value is -3.02. The molecular weight excluding hydrogens is 464 g/mol. The molecule has 4 rings (SSSR count). The Kier molecular flexibility index (Phi) is 6.37. The molecule has 0 saturated carbocycles. The number of benzene rings is 1. The molecule has 0 spiro atoms. The average molecular weight is 489 g/mol. The van der Waals surface area contributed by atoms with E-state index < -0.39 is 16.0 Å². The van der Waals surface area contributed by atoms with Crippen LogP contribution in [-0.4, -0.2) is 47.3 Å². The minimum atomic E-state index is -3.57. The van der Waals surface area contributed by atoms with Crippen molar-refractivity contribution in [2.45, 2.75) is 38.3 Å². The number of ether oxygens (including phenoxy) is 1. The molecule has 0 unspecified atom stereocenters. The second-order valence-electron chi connectivity index (χ2n) is 7.55. The van der Waals surface area contributed by atoms with Gasteiger partial charge in [-0.2, -0.15) is 0 Å². The lowest BCUT2D eigenvalue weighted by molar-refractivity contribution is -0.144. The van der Waals surface area contributed by atoms with Gasteiger partial charge < -0.3 is 13.7 Å². The molecule has 0 fully saturated rings. The van der Waals surface area contributed by atoms with Crippen molar-refractivity contribution in [3.05, 3.63) is 53.0 Å². The normalized spacial score (nSPS) is 12.0. The highest BCUT2D eigenvalue weighted by Crippen LogP contribution is 2.26. The number of hydrogen-bond donors (Lipinski definition) is 0. The number of esters is 1. The van der Waals surface area contributed by atoms with Crippen LogP contribution in [0.25, 0.3) is 21.8 Å². The van der Waals surface area contributed by atoms with E-state index in [1.54, 1.807) is 19.1 Å². The summed E-state index contributed by atoms with van der Waals surface area (Å²) in [6.07, 6.45) is -0.0156. The van der Waals surface area contributed by atoms with Gasteiger partial charge in [-0.1, -0.05) is 6.07 Å². The van der Waals surface area contributed by atoms with Crippen LogP contribution in [0, 0.1) is 6.92 Å². The van der Waals surface area contributed by atoms with E-state index in [-0.39, 0.29) is 17.9 Å². The number of thiophene rings is 1. The Morgan fingerprint density at radius 1 is 1.24 bits per heavy atom. The van der Waals surface area contributed by atoms with Gasteiger partial charge in [0.2, 0.25) is 15.9 Å². The number of carbonyl (C=O) groups excluding carboxylic acids is 1. The van der Waals surface area contributed by atoms with Gasteiger partial charge in [0.1, 0.15) is 18.2 Å². The summed E-state index contributed by atoms with van der Waals surface area (Å²) in [5, 5.41) is 1.93. The third kappa shape index (κ3) is 4.56. The smallest absolute Gasteiger partial charge is 0.312 e. The number of sulfonamides is 1. The zero-order chi connectivity index (χ0) is 23.8. The number of rotatable bonds is 8. The Morgan fingerprint density at radius 2 is 2.03 bits per heavy atom. The van der Waals surface area contributed by atoms with Crippen molar-refractivity contribution in [2.24, 2.45) is 0 Å². The molecule has 33 heavy (non-hydrogen) atoms. The number of fused-ring (bicyclic) bond motifs is 1. The van der Waals surface area contributed by atoms with Crippen molar-refractivity contribution < 1.29 is 22.4 Å². The first-order valence-corrected chi connectivity index (χ1v) is 12.6. The van der Waals surface area contributed by atoms with E-state index in [0.29, 0.717) is 35.2 Å². The molecule has 0 N–H and O–H groups in total. The maximum Gasteiger partial charge on any atom is 0.312 e. The Balaban J connectivity index is 1.50. The molecule has 0 aliphatic rings. The van der Waals surface area contributed by atoms with Crippen molar-refractivity contribution in [3.8, 4) is 10.8 Å². The molecule has 0 aliphatic heterocycles. The van der Waals surface area contributed by atoms with Crippen molar-refractivity contribution in [3.63, 3.8) is 0 Å². The topological polar surface area (TPSA) is 108 Å². The zero-order valence-corrected chi connectivity index (χ0v) is 20.4. The molecule has 0 bridgehead atoms. The maximum atomic E-state index is 12.5. The molecule has 0 amide bonds. The van der Waals surface area contributed by atoms with E-state index >= 15 is 0 Å². The highest BCUT2D eigenvalue weighted by molar-refractivity contribution is 7.89. The standard InChI is InChI=1S/C22H24N4O5S2/c1-5-26-18-9-8-15(33(28,29)25(3)4)11-17(18)23-20(26)13-30-21(27)12-16-14(2)31-22(24-16)19-7-6-10-32-19/h6-11H,5,12-13H2,1-4H3. The molecule has 3 heterocycles. The first-order chi connectivity index (χ1) is 15.7. The molecule has 11 heteroatoms. The maximum absolute atomic E-state index is 12.5. The first-order valence-electron chi connectivity index (χ1n) is 10.3. The minimum Gasteiger partial charge on any atom is -0.457 e. The third-order valence-corrected chi connectivity index (χ3v) is 7.86. The van der Waals surface area contributed by atoms with Crippen molar-refractivity contribution >= 4 is 38.4 Å². The quantitative estimate of drug-likeness (QED) is 0.349. The van der Waals surface area contributed by atoms with Gasteiger partial charge >= 0.3 is 5.97 Å². The van der Waals surface area contributed by atoms with Crippen LogP contribution in [0.15, 0.2) is 45.0 Å². The molecule has 174 valence electrons. The van der Waals surface area contributed by atoms with Gasteiger partial charge in [0, 0.05) is 20.6 Å². The van der Waals surface area contributed by atoms with Crippen LogP contribution in [0.4, 0.5) is 0 Å². The highest BCUT2D eigenvalue weighted by atomic mass is 32.2. The molecule has 0 atom stereocenters. The predicted molar refractivity (Wildman–Crippen MR) is 124 cm³/mol. The van der Waals surface area contributed by atoms with Gasteiger partial charge in [0.15, 0.2) is 0 Å². The number of hydrogen-bond acceptors (Lipinski definition) is 8. The van der Waals surface area contributed by atoms with Gasteiger partial charge in [-0.25, -0.2) is 22.7 Å². The fourth-order valence-electron chi connectivity index (χ4n) is 3.42. The van der Waals surface area contributed by atoms with Crippen LogP contribution < -0.4 is 0 Å². The third-order valence-electron chi connectivity index (χ3n) is 5.19. The van der Waals surface area contributed by atoms with Crippen molar-refractivity contribution in [2.75, 3.05) is 14.1 Å². The summed E-state index contributed by atoms with van der Waals surface area (Å²) in [5.41, 5.74) is 1.83. The number of oxazole rings is 1. The minimum absolute atomic E-state index is 0.0156. The fraction of sp³-hybridized carbons (Fsp3) is 0.318. The summed E-state index contributed by atoms with van der Waals surface area (Å²) >= 11 is 1.51. The van der Waals surface area contributed by atoms with E-state index in [1.807, 2.05) is 29.0 Å². The van der Waals surface area contributed by atoms with Gasteiger partial charge in [-0.05, 0) is 43.5 Å². The van der Waals surface area contributed by atoms with Crippen LogP contribution in [0.5, 0.6) is 0 Å². The Labute approximate surface area is 195 Å². The van der Waals surface area contributed by atoms with Crippen LogP contribution in [0.1, 0.15) is 24.2 Å². The second kappa shape index (κ2) is 9.08. The van der Waals surface area contributed by atoms with Gasteiger partial charge in [-0.3, -0.25) is 4.79 Å². The molecular formula is C22H24N4O5S2. The summed E-state index contributed by atoms with van der Waals surface area (Å²) in [4.78, 5) is 22.5. The van der Waals surface area contributed by atoms with Crippen LogP contribution in [0.2, 0.25) is 0 Å². The number of carbonyl (C=O) groups is 1. The Bertz CT molecular complexity index is 1400. The lowest BCUT2D eigenvalue weighted by Crippen LogP contribution is -2.22. The number of imidazole rings is 1. The molecule has 3 aromatic heterocycles. The molecule has 0 saturated heterocycles. The second-order valence-corrected chi connectivity index (χ2v) is 10.6. The lowest BCUT2D eigenvalue weighted by atomic mass is 10.3. The van der Waals surface area contributed by atoms with E-state index in [0.717, 1.165) is 14.7 Å². The van der Waals surface area contributed by atoms with E-state index in [4.69, 9.17) is 9.15 Å². The molecule has 0 aliphatic carbocycles. The molecule has 1 aromatic carbocycles. The van der Waals surface area contributed by atoms with E-state index in [9.17, 15) is 13.2 Å². The van der Waals surface area contributed by atoms with E-state index in [2.05, 4.69) is 9.97 Å². The number of aryl methyl sites for hydroxylation is 2. The zero-order valence-electron chi connectivity index (χ0n) is 18.7. The largest absolute Gasteiger partial charge is 0.457 e. The average Bonchev–Trinajstić information content (AvgIpc) is 3.50. The fourth-order valence-corrected chi connectivity index (χ4v) is 5.00. The summed E-state index contributed by atoms with van der Waals surface area (Å²) in [7, 11) is -0.612. The van der Waals surface area contributed by atoms with Gasteiger partial charge in [0.05, 0.1) is 32.9 Å². The first kappa shape index (κ1) is 23.1.